The summed E-state index contributed by atoms with van der Waals surface area (Å²) >= 11 is 1.20. The van der Waals surface area contributed by atoms with E-state index >= 15 is 0 Å². The summed E-state index contributed by atoms with van der Waals surface area (Å²) in [6.45, 7) is 2.20. The maximum absolute atomic E-state index is 13.6. The molecule has 1 fully saturated rings. The second-order valence-electron chi connectivity index (χ2n) is 8.06. The number of carbonyl (C=O) groups excluding carboxylic acids is 4. The van der Waals surface area contributed by atoms with E-state index in [1.54, 1.807) is 0 Å². The highest BCUT2D eigenvalue weighted by Crippen LogP contribution is 2.46. The molecule has 0 radical (unpaired) electrons. The Labute approximate surface area is 206 Å². The van der Waals surface area contributed by atoms with Crippen molar-refractivity contribution in [3.63, 3.8) is 0 Å². The number of fused-ring (bicyclic) bond motifs is 1. The fourth-order valence-corrected chi connectivity index (χ4v) is 5.31. The lowest BCUT2D eigenvalue weighted by atomic mass is 9.99. The number of amides is 1. The number of esters is 3. The van der Waals surface area contributed by atoms with Gasteiger partial charge in [-0.05, 0) is 11.1 Å². The number of benzene rings is 2. The van der Waals surface area contributed by atoms with Crippen LogP contribution in [0, 0.1) is 0 Å². The molecule has 0 aliphatic carbocycles. The molecule has 2 aromatic carbocycles. The zero-order valence-electron chi connectivity index (χ0n) is 19.1. The molecule has 2 heterocycles. The molecule has 2 atom stereocenters. The molecule has 10 heteroatoms. The number of ether oxygens (including phenoxy) is 3. The molecule has 2 N–H and O–H groups in total. The van der Waals surface area contributed by atoms with Gasteiger partial charge < -0.3 is 14.2 Å². The molecular formula is C25H24N2O7S. The lowest BCUT2D eigenvalue weighted by molar-refractivity contribution is -0.194. The first-order valence-electron chi connectivity index (χ1n) is 10.8. The summed E-state index contributed by atoms with van der Waals surface area (Å²) in [5.74, 6) is -2.57. The third-order valence-electron chi connectivity index (χ3n) is 5.53. The highest BCUT2D eigenvalue weighted by Gasteiger charge is 2.65. The van der Waals surface area contributed by atoms with Crippen LogP contribution in [0.3, 0.4) is 0 Å². The van der Waals surface area contributed by atoms with Gasteiger partial charge in [0.15, 0.2) is 6.10 Å². The molecule has 0 aromatic heterocycles. The molecule has 4 rings (SSSR count). The molecule has 1 saturated heterocycles. The monoisotopic (exact) mass is 496 g/mol. The second kappa shape index (κ2) is 9.93. The fourth-order valence-electron chi connectivity index (χ4n) is 3.98. The summed E-state index contributed by atoms with van der Waals surface area (Å²) in [6.07, 6.45) is -0.757. The van der Waals surface area contributed by atoms with Gasteiger partial charge in [-0.2, -0.15) is 0 Å². The van der Waals surface area contributed by atoms with Crippen molar-refractivity contribution in [3.05, 3.63) is 83.1 Å². The molecule has 182 valence electrons. The molecule has 35 heavy (non-hydrogen) atoms. The van der Waals surface area contributed by atoms with E-state index in [2.05, 4.69) is 0 Å². The largest absolute Gasteiger partial charge is 0.461 e. The zero-order chi connectivity index (χ0) is 25.2. The normalized spacial score (nSPS) is 21.2. The van der Waals surface area contributed by atoms with E-state index < -0.39 is 41.0 Å². The van der Waals surface area contributed by atoms with Crippen LogP contribution in [-0.4, -0.2) is 52.2 Å². The zero-order valence-corrected chi connectivity index (χ0v) is 19.9. The Hall–Kier alpha value is -3.63. The SMILES string of the molecule is CC(=O)OCC1=C(C(=O)OC(c2ccccc2)c2ccccc2)N2C(=O)[C@@](N)(OC(C)=O)[C@H]2SC1. The summed E-state index contributed by atoms with van der Waals surface area (Å²) in [7, 11) is 0. The van der Waals surface area contributed by atoms with Crippen molar-refractivity contribution in [1.29, 1.82) is 0 Å². The van der Waals surface area contributed by atoms with Crippen LogP contribution in [0.1, 0.15) is 31.1 Å². The smallest absolute Gasteiger partial charge is 0.356 e. The van der Waals surface area contributed by atoms with Crippen LogP contribution < -0.4 is 5.73 Å². The molecule has 2 aliphatic rings. The van der Waals surface area contributed by atoms with Crippen molar-refractivity contribution in [2.24, 2.45) is 5.73 Å². The van der Waals surface area contributed by atoms with Crippen LogP contribution in [-0.2, 0) is 33.4 Å². The molecular weight excluding hydrogens is 472 g/mol. The average Bonchev–Trinajstić information content (AvgIpc) is 2.85. The summed E-state index contributed by atoms with van der Waals surface area (Å²) < 4.78 is 16.2. The van der Waals surface area contributed by atoms with E-state index in [0.29, 0.717) is 5.57 Å². The van der Waals surface area contributed by atoms with E-state index in [9.17, 15) is 19.2 Å². The average molecular weight is 497 g/mol. The van der Waals surface area contributed by atoms with Crippen molar-refractivity contribution in [1.82, 2.24) is 4.90 Å². The van der Waals surface area contributed by atoms with Crippen molar-refractivity contribution in [2.75, 3.05) is 12.4 Å². The molecule has 0 bridgehead atoms. The summed E-state index contributed by atoms with van der Waals surface area (Å²) in [6, 6.07) is 18.4. The number of carbonyl (C=O) groups is 4. The maximum atomic E-state index is 13.6. The lowest BCUT2D eigenvalue weighted by Crippen LogP contribution is -2.79. The van der Waals surface area contributed by atoms with Gasteiger partial charge in [-0.25, -0.2) is 4.79 Å². The van der Waals surface area contributed by atoms with Gasteiger partial charge in [-0.3, -0.25) is 25.0 Å². The molecule has 0 unspecified atom stereocenters. The van der Waals surface area contributed by atoms with Crippen molar-refractivity contribution in [2.45, 2.75) is 31.1 Å². The number of rotatable bonds is 7. The van der Waals surface area contributed by atoms with Gasteiger partial charge in [0.05, 0.1) is 0 Å². The minimum atomic E-state index is -1.90. The quantitative estimate of drug-likeness (QED) is 0.266. The van der Waals surface area contributed by atoms with Gasteiger partial charge in [0, 0.05) is 25.2 Å². The van der Waals surface area contributed by atoms with Gasteiger partial charge in [0.25, 0.3) is 11.6 Å². The minimum Gasteiger partial charge on any atom is -0.461 e. The molecule has 2 aliphatic heterocycles. The number of thioether (sulfide) groups is 1. The first kappa shape index (κ1) is 24.5. The maximum Gasteiger partial charge on any atom is 0.356 e. The minimum absolute atomic E-state index is 0.0647. The highest BCUT2D eigenvalue weighted by molar-refractivity contribution is 8.00. The molecule has 2 aromatic rings. The van der Waals surface area contributed by atoms with Crippen LogP contribution in [0.25, 0.3) is 0 Å². The molecule has 9 nitrogen and oxygen atoms in total. The predicted molar refractivity (Wildman–Crippen MR) is 126 cm³/mol. The first-order chi connectivity index (χ1) is 16.7. The Morgan fingerprint density at radius 2 is 1.60 bits per heavy atom. The van der Waals surface area contributed by atoms with Crippen LogP contribution in [0.15, 0.2) is 71.9 Å². The Morgan fingerprint density at radius 3 is 2.11 bits per heavy atom. The van der Waals surface area contributed by atoms with E-state index in [4.69, 9.17) is 19.9 Å². The Morgan fingerprint density at radius 1 is 1.03 bits per heavy atom. The lowest BCUT2D eigenvalue weighted by Gasteiger charge is -2.53. The Kier molecular flexibility index (Phi) is 6.95. The number of nitrogens with two attached hydrogens (primary N) is 1. The summed E-state index contributed by atoms with van der Waals surface area (Å²) in [4.78, 5) is 50.8. The van der Waals surface area contributed by atoms with Gasteiger partial charge in [0.1, 0.15) is 17.7 Å². The molecule has 1 amide bonds. The van der Waals surface area contributed by atoms with Gasteiger partial charge in [0.2, 0.25) is 0 Å². The Bertz CT molecular complexity index is 1150. The first-order valence-corrected chi connectivity index (χ1v) is 11.9. The number of nitrogens with zero attached hydrogens (tertiary/aromatic N) is 1. The second-order valence-corrected chi connectivity index (χ2v) is 9.13. The van der Waals surface area contributed by atoms with Gasteiger partial charge >= 0.3 is 17.9 Å². The number of hydrogen-bond donors (Lipinski definition) is 1. The molecule has 0 spiro atoms. The van der Waals surface area contributed by atoms with E-state index in [0.717, 1.165) is 23.0 Å². The van der Waals surface area contributed by atoms with Crippen LogP contribution in [0.4, 0.5) is 0 Å². The predicted octanol–water partition coefficient (Wildman–Crippen LogP) is 2.27. The Balaban J connectivity index is 1.70. The van der Waals surface area contributed by atoms with Crippen molar-refractivity contribution >= 4 is 35.6 Å². The van der Waals surface area contributed by atoms with Crippen LogP contribution in [0.5, 0.6) is 0 Å². The van der Waals surface area contributed by atoms with Gasteiger partial charge in [-0.15, -0.1) is 11.8 Å². The van der Waals surface area contributed by atoms with E-state index in [1.807, 2.05) is 60.7 Å². The summed E-state index contributed by atoms with van der Waals surface area (Å²) in [5.41, 5.74) is 6.00. The third kappa shape index (κ3) is 4.80. The third-order valence-corrected chi connectivity index (χ3v) is 6.92. The molecule has 0 saturated carbocycles. The van der Waals surface area contributed by atoms with E-state index in [-0.39, 0.29) is 18.1 Å². The van der Waals surface area contributed by atoms with Crippen molar-refractivity contribution < 1.29 is 33.4 Å². The van der Waals surface area contributed by atoms with E-state index in [1.165, 1.54) is 18.7 Å². The van der Waals surface area contributed by atoms with Crippen LogP contribution in [0.2, 0.25) is 0 Å². The van der Waals surface area contributed by atoms with Crippen LogP contribution >= 0.6 is 11.8 Å². The fraction of sp³-hybridized carbons (Fsp3) is 0.280. The topological polar surface area (TPSA) is 125 Å². The highest BCUT2D eigenvalue weighted by atomic mass is 32.2. The van der Waals surface area contributed by atoms with Crippen molar-refractivity contribution in [3.8, 4) is 0 Å². The standard InChI is InChI=1S/C25H24N2O7S/c1-15(28)32-13-19-14-35-24-25(26,34-16(2)29)23(31)27(24)20(19)22(30)33-21(17-9-5-3-6-10-17)18-11-7-4-8-12-18/h3-12,21,24H,13-14,26H2,1-2H3/t24-,25-/m1/s1. The number of hydrogen-bond acceptors (Lipinski definition) is 9. The number of β-lactam (4-membered cyclic amide) rings is 1. The summed E-state index contributed by atoms with van der Waals surface area (Å²) in [5, 5.41) is -0.825. The van der Waals surface area contributed by atoms with Gasteiger partial charge in [-0.1, -0.05) is 60.7 Å².